The van der Waals surface area contributed by atoms with Crippen molar-refractivity contribution < 1.29 is 27.1 Å². The molecule has 1 amide bonds. The molecule has 8 nitrogen and oxygen atoms in total. The Morgan fingerprint density at radius 2 is 1.97 bits per heavy atom. The Kier molecular flexibility index (Phi) is 7.37. The maximum Gasteiger partial charge on any atom is 0.421 e. The number of carbonyl (C=O) groups is 1. The third-order valence-electron chi connectivity index (χ3n) is 4.60. The molecule has 0 unspecified atom stereocenters. The lowest BCUT2D eigenvalue weighted by Gasteiger charge is -2.36. The molecule has 1 fully saturated rings. The van der Waals surface area contributed by atoms with Crippen molar-refractivity contribution in [2.45, 2.75) is 13.1 Å². The number of amides is 1. The molecular formula is C20H24F3N5O3. The van der Waals surface area contributed by atoms with Gasteiger partial charge in [0, 0.05) is 38.9 Å². The van der Waals surface area contributed by atoms with Gasteiger partial charge in [-0.2, -0.15) is 13.2 Å². The van der Waals surface area contributed by atoms with E-state index in [1.54, 1.807) is 17.0 Å². The van der Waals surface area contributed by atoms with Crippen molar-refractivity contribution in [1.82, 2.24) is 20.1 Å². The Balaban J connectivity index is 1.54. The highest BCUT2D eigenvalue weighted by Gasteiger charge is 2.35. The van der Waals surface area contributed by atoms with Crippen molar-refractivity contribution >= 4 is 11.9 Å². The number of nitrogens with zero attached hydrogens (tertiary/aromatic N) is 4. The second kappa shape index (κ2) is 10.2. The van der Waals surface area contributed by atoms with E-state index in [0.717, 1.165) is 6.07 Å². The molecule has 0 atom stereocenters. The minimum Gasteiger partial charge on any atom is -0.475 e. The number of nitrogens with one attached hydrogen (secondary N) is 1. The van der Waals surface area contributed by atoms with Gasteiger partial charge in [0.2, 0.25) is 5.88 Å². The normalized spacial score (nSPS) is 15.2. The van der Waals surface area contributed by atoms with Crippen LogP contribution in [0.15, 0.2) is 46.1 Å². The fraction of sp³-hybridized carbons (Fsp3) is 0.450. The van der Waals surface area contributed by atoms with Gasteiger partial charge in [-0.15, -0.1) is 0 Å². The van der Waals surface area contributed by atoms with Crippen LogP contribution in [0.4, 0.5) is 13.2 Å². The van der Waals surface area contributed by atoms with E-state index in [1.807, 2.05) is 11.8 Å². The number of piperazine rings is 1. The van der Waals surface area contributed by atoms with Gasteiger partial charge in [-0.05, 0) is 31.2 Å². The standard InChI is InChI=1S/C20H24F3N5O3/c1-2-24-19(26-8-14-31-17-15(20(21,22)23)5-3-7-25-17)28-11-9-27(10-12-28)18(29)16-6-4-13-30-16/h3-7,13H,2,8-12,14H2,1H3,(H,24,26). The van der Waals surface area contributed by atoms with Crippen molar-refractivity contribution in [2.24, 2.45) is 4.99 Å². The summed E-state index contributed by atoms with van der Waals surface area (Å²) in [5, 5.41) is 3.16. The largest absolute Gasteiger partial charge is 0.475 e. The highest BCUT2D eigenvalue weighted by Crippen LogP contribution is 2.34. The molecule has 1 N–H and O–H groups in total. The lowest BCUT2D eigenvalue weighted by atomic mass is 10.2. The molecule has 0 saturated carbocycles. The van der Waals surface area contributed by atoms with Crippen LogP contribution in [0.3, 0.4) is 0 Å². The molecule has 1 aliphatic heterocycles. The minimum absolute atomic E-state index is 0.0497. The third kappa shape index (κ3) is 5.89. The molecule has 0 aromatic carbocycles. The van der Waals surface area contributed by atoms with Gasteiger partial charge in [0.1, 0.15) is 12.2 Å². The van der Waals surface area contributed by atoms with Crippen LogP contribution in [-0.2, 0) is 6.18 Å². The fourth-order valence-corrected chi connectivity index (χ4v) is 3.12. The van der Waals surface area contributed by atoms with Crippen molar-refractivity contribution in [3.05, 3.63) is 48.0 Å². The van der Waals surface area contributed by atoms with Crippen LogP contribution < -0.4 is 10.1 Å². The molecule has 168 valence electrons. The van der Waals surface area contributed by atoms with Crippen molar-refractivity contribution in [1.29, 1.82) is 0 Å². The first kappa shape index (κ1) is 22.4. The number of halogens is 3. The van der Waals surface area contributed by atoms with E-state index in [-0.39, 0.29) is 19.1 Å². The lowest BCUT2D eigenvalue weighted by Crippen LogP contribution is -2.53. The monoisotopic (exact) mass is 439 g/mol. The number of alkyl halides is 3. The summed E-state index contributed by atoms with van der Waals surface area (Å²) >= 11 is 0. The van der Waals surface area contributed by atoms with Crippen LogP contribution in [-0.4, -0.2) is 72.5 Å². The van der Waals surface area contributed by atoms with Crippen LogP contribution in [0.1, 0.15) is 23.0 Å². The van der Waals surface area contributed by atoms with Gasteiger partial charge in [0.15, 0.2) is 11.7 Å². The number of ether oxygens (including phenoxy) is 1. The first-order chi connectivity index (χ1) is 14.9. The predicted octanol–water partition coefficient (Wildman–Crippen LogP) is 2.50. The minimum atomic E-state index is -4.53. The van der Waals surface area contributed by atoms with E-state index in [4.69, 9.17) is 9.15 Å². The fourth-order valence-electron chi connectivity index (χ4n) is 3.12. The number of guanidine groups is 1. The highest BCUT2D eigenvalue weighted by atomic mass is 19.4. The number of rotatable bonds is 6. The molecule has 2 aromatic rings. The van der Waals surface area contributed by atoms with Crippen molar-refractivity contribution in [3.63, 3.8) is 0 Å². The summed E-state index contributed by atoms with van der Waals surface area (Å²) in [4.78, 5) is 24.2. The van der Waals surface area contributed by atoms with E-state index >= 15 is 0 Å². The Bertz CT molecular complexity index is 878. The average molecular weight is 439 g/mol. The first-order valence-electron chi connectivity index (χ1n) is 9.91. The summed E-state index contributed by atoms with van der Waals surface area (Å²) in [6.45, 7) is 4.80. The molecule has 1 aliphatic rings. The lowest BCUT2D eigenvalue weighted by molar-refractivity contribution is -0.139. The summed E-state index contributed by atoms with van der Waals surface area (Å²) in [6, 6.07) is 5.45. The number of aliphatic imine (C=N–C) groups is 1. The van der Waals surface area contributed by atoms with Crippen LogP contribution in [0, 0.1) is 0 Å². The highest BCUT2D eigenvalue weighted by molar-refractivity contribution is 5.91. The Hall–Kier alpha value is -3.24. The molecule has 0 bridgehead atoms. The van der Waals surface area contributed by atoms with Crippen LogP contribution in [0.5, 0.6) is 5.88 Å². The van der Waals surface area contributed by atoms with E-state index in [0.29, 0.717) is 44.4 Å². The van der Waals surface area contributed by atoms with Crippen LogP contribution in [0.2, 0.25) is 0 Å². The van der Waals surface area contributed by atoms with E-state index in [9.17, 15) is 18.0 Å². The summed E-state index contributed by atoms with van der Waals surface area (Å²) in [7, 11) is 0. The Morgan fingerprint density at radius 1 is 1.23 bits per heavy atom. The molecule has 3 rings (SSSR count). The predicted molar refractivity (Wildman–Crippen MR) is 107 cm³/mol. The molecule has 3 heterocycles. The van der Waals surface area contributed by atoms with Crippen molar-refractivity contribution in [3.8, 4) is 5.88 Å². The zero-order valence-electron chi connectivity index (χ0n) is 17.1. The van der Waals surface area contributed by atoms with Gasteiger partial charge >= 0.3 is 6.18 Å². The number of furan rings is 1. The summed E-state index contributed by atoms with van der Waals surface area (Å²) < 4.78 is 49.4. The quantitative estimate of drug-likeness (QED) is 0.423. The smallest absolute Gasteiger partial charge is 0.421 e. The maximum absolute atomic E-state index is 13.0. The van der Waals surface area contributed by atoms with E-state index in [2.05, 4.69) is 15.3 Å². The average Bonchev–Trinajstić information content (AvgIpc) is 3.30. The van der Waals surface area contributed by atoms with Gasteiger partial charge < -0.3 is 24.3 Å². The second-order valence-corrected chi connectivity index (χ2v) is 6.69. The maximum atomic E-state index is 13.0. The van der Waals surface area contributed by atoms with Gasteiger partial charge in [-0.3, -0.25) is 4.79 Å². The Morgan fingerprint density at radius 3 is 2.61 bits per heavy atom. The zero-order valence-corrected chi connectivity index (χ0v) is 17.1. The van der Waals surface area contributed by atoms with Gasteiger partial charge in [-0.25, -0.2) is 9.98 Å². The topological polar surface area (TPSA) is 83.2 Å². The number of pyridine rings is 1. The second-order valence-electron chi connectivity index (χ2n) is 6.69. The summed E-state index contributed by atoms with van der Waals surface area (Å²) in [5.74, 6) is 0.309. The number of hydrogen-bond acceptors (Lipinski definition) is 5. The van der Waals surface area contributed by atoms with Crippen LogP contribution >= 0.6 is 0 Å². The van der Waals surface area contributed by atoms with Crippen LogP contribution in [0.25, 0.3) is 0 Å². The molecule has 0 radical (unpaired) electrons. The number of aromatic nitrogens is 1. The molecule has 2 aromatic heterocycles. The summed E-state index contributed by atoms with van der Waals surface area (Å²) in [5.41, 5.74) is -0.914. The molecule has 11 heteroatoms. The number of carbonyl (C=O) groups excluding carboxylic acids is 1. The molecule has 0 aliphatic carbocycles. The molecular weight excluding hydrogens is 415 g/mol. The molecule has 31 heavy (non-hydrogen) atoms. The van der Waals surface area contributed by atoms with Crippen molar-refractivity contribution in [2.75, 3.05) is 45.9 Å². The van der Waals surface area contributed by atoms with Gasteiger partial charge in [-0.1, -0.05) is 0 Å². The third-order valence-corrected chi connectivity index (χ3v) is 4.60. The first-order valence-corrected chi connectivity index (χ1v) is 9.91. The molecule has 1 saturated heterocycles. The molecule has 0 spiro atoms. The van der Waals surface area contributed by atoms with Gasteiger partial charge in [0.05, 0.1) is 12.8 Å². The SMILES string of the molecule is CCNC(=NCCOc1ncccc1C(F)(F)F)N1CCN(C(=O)c2ccco2)CC1. The Labute approximate surface area is 177 Å². The van der Waals surface area contributed by atoms with E-state index in [1.165, 1.54) is 18.5 Å². The van der Waals surface area contributed by atoms with Gasteiger partial charge in [0.25, 0.3) is 5.91 Å². The zero-order chi connectivity index (χ0) is 22.3. The van der Waals surface area contributed by atoms with E-state index < -0.39 is 17.6 Å². The summed E-state index contributed by atoms with van der Waals surface area (Å²) in [6.07, 6.45) is -1.82. The number of hydrogen-bond donors (Lipinski definition) is 1.